The highest BCUT2D eigenvalue weighted by Gasteiger charge is 1.95. The Balaban J connectivity index is 2.92. The van der Waals surface area contributed by atoms with Crippen LogP contribution in [0.25, 0.3) is 6.08 Å². The molecule has 0 saturated heterocycles. The van der Waals surface area contributed by atoms with Crippen LogP contribution in [0.1, 0.15) is 5.56 Å². The molecule has 1 rings (SSSR count). The molecule has 0 radical (unpaired) electrons. The molecule has 0 aliphatic carbocycles. The molecule has 0 aromatic heterocycles. The molecule has 0 aliphatic rings. The molecule has 0 atom stereocenters. The number of benzene rings is 1. The smallest absolute Gasteiger partial charge is 0.131 e. The fraction of sp³-hybridized carbons (Fsp3) is 0.111. The number of ether oxygens (including phenoxy) is 1. The van der Waals surface area contributed by atoms with Gasteiger partial charge in [0.15, 0.2) is 0 Å². The minimum atomic E-state index is 0.394. The van der Waals surface area contributed by atoms with Crippen LogP contribution in [0.2, 0.25) is 0 Å². The van der Waals surface area contributed by atoms with Crippen LogP contribution < -0.4 is 4.74 Å². The SMILES string of the molecule is C=Cc1ccccc1OCS. The average Bonchev–Trinajstić information content (AvgIpc) is 2.06. The molecule has 0 fully saturated rings. The van der Waals surface area contributed by atoms with E-state index < -0.39 is 0 Å². The summed E-state index contributed by atoms with van der Waals surface area (Å²) in [6, 6.07) is 7.72. The fourth-order valence-corrected chi connectivity index (χ4v) is 0.989. The van der Waals surface area contributed by atoms with Crippen molar-refractivity contribution < 1.29 is 4.74 Å². The van der Waals surface area contributed by atoms with Gasteiger partial charge in [0.2, 0.25) is 0 Å². The molecule has 1 nitrogen and oxygen atoms in total. The lowest BCUT2D eigenvalue weighted by molar-refractivity contribution is 0.394. The zero-order valence-electron chi connectivity index (χ0n) is 6.16. The topological polar surface area (TPSA) is 9.23 Å². The summed E-state index contributed by atoms with van der Waals surface area (Å²) in [5, 5.41) is 0. The number of hydrogen-bond donors (Lipinski definition) is 1. The van der Waals surface area contributed by atoms with Crippen molar-refractivity contribution in [3.8, 4) is 5.75 Å². The van der Waals surface area contributed by atoms with Gasteiger partial charge in [0.1, 0.15) is 11.7 Å². The summed E-state index contributed by atoms with van der Waals surface area (Å²) >= 11 is 3.96. The highest BCUT2D eigenvalue weighted by Crippen LogP contribution is 2.18. The molecule has 0 N–H and O–H groups in total. The third-order valence-corrected chi connectivity index (χ3v) is 1.49. The minimum absolute atomic E-state index is 0.394. The normalized spacial score (nSPS) is 9.18. The van der Waals surface area contributed by atoms with E-state index in [0.29, 0.717) is 5.94 Å². The summed E-state index contributed by atoms with van der Waals surface area (Å²) in [5.41, 5.74) is 1.00. The fourth-order valence-electron chi connectivity index (χ4n) is 0.850. The Morgan fingerprint density at radius 3 is 2.82 bits per heavy atom. The van der Waals surface area contributed by atoms with E-state index in [0.717, 1.165) is 11.3 Å². The third-order valence-electron chi connectivity index (χ3n) is 1.36. The van der Waals surface area contributed by atoms with Gasteiger partial charge in [-0.1, -0.05) is 30.9 Å². The first kappa shape index (κ1) is 8.21. The minimum Gasteiger partial charge on any atom is -0.483 e. The quantitative estimate of drug-likeness (QED) is 0.536. The molecule has 58 valence electrons. The van der Waals surface area contributed by atoms with E-state index in [2.05, 4.69) is 19.2 Å². The summed E-state index contributed by atoms with van der Waals surface area (Å²) < 4.78 is 5.22. The standard InChI is InChI=1S/C9H10OS/c1-2-8-5-3-4-6-9(8)10-7-11/h2-6,11H,1,7H2. The van der Waals surface area contributed by atoms with E-state index >= 15 is 0 Å². The van der Waals surface area contributed by atoms with Crippen LogP contribution in [-0.2, 0) is 0 Å². The van der Waals surface area contributed by atoms with Gasteiger partial charge in [-0.15, -0.1) is 12.6 Å². The van der Waals surface area contributed by atoms with E-state index in [1.807, 2.05) is 24.3 Å². The van der Waals surface area contributed by atoms with E-state index in [1.54, 1.807) is 6.08 Å². The Morgan fingerprint density at radius 1 is 1.45 bits per heavy atom. The van der Waals surface area contributed by atoms with Gasteiger partial charge in [-0.05, 0) is 6.07 Å². The van der Waals surface area contributed by atoms with Gasteiger partial charge < -0.3 is 4.74 Å². The van der Waals surface area contributed by atoms with Crippen molar-refractivity contribution in [2.24, 2.45) is 0 Å². The molecule has 0 aliphatic heterocycles. The highest BCUT2D eigenvalue weighted by molar-refractivity contribution is 7.80. The highest BCUT2D eigenvalue weighted by atomic mass is 32.1. The average molecular weight is 166 g/mol. The zero-order chi connectivity index (χ0) is 8.10. The van der Waals surface area contributed by atoms with Crippen molar-refractivity contribution in [1.82, 2.24) is 0 Å². The second kappa shape index (κ2) is 4.09. The first-order valence-corrected chi connectivity index (χ1v) is 3.97. The van der Waals surface area contributed by atoms with Gasteiger partial charge in [0.05, 0.1) is 0 Å². The lowest BCUT2D eigenvalue weighted by Crippen LogP contribution is -1.90. The van der Waals surface area contributed by atoms with Crippen LogP contribution in [0.3, 0.4) is 0 Å². The Labute approximate surface area is 72.1 Å². The number of rotatable bonds is 3. The molecular formula is C9H10OS. The zero-order valence-corrected chi connectivity index (χ0v) is 7.05. The summed E-state index contributed by atoms with van der Waals surface area (Å²) in [4.78, 5) is 0. The second-order valence-corrected chi connectivity index (χ2v) is 2.27. The first-order chi connectivity index (χ1) is 5.38. The van der Waals surface area contributed by atoms with Gasteiger partial charge in [-0.25, -0.2) is 0 Å². The van der Waals surface area contributed by atoms with Crippen molar-refractivity contribution in [2.45, 2.75) is 0 Å². The Hall–Kier alpha value is -0.890. The molecule has 2 heteroatoms. The molecule has 0 unspecified atom stereocenters. The maximum Gasteiger partial charge on any atom is 0.131 e. The van der Waals surface area contributed by atoms with Crippen molar-refractivity contribution in [2.75, 3.05) is 5.94 Å². The van der Waals surface area contributed by atoms with Gasteiger partial charge in [-0.3, -0.25) is 0 Å². The summed E-state index contributed by atoms with van der Waals surface area (Å²) in [6.07, 6.45) is 1.76. The Kier molecular flexibility index (Phi) is 3.05. The Morgan fingerprint density at radius 2 is 2.18 bits per heavy atom. The third kappa shape index (κ3) is 2.02. The van der Waals surface area contributed by atoms with Gasteiger partial charge in [0.25, 0.3) is 0 Å². The maximum absolute atomic E-state index is 5.22. The lowest BCUT2D eigenvalue weighted by atomic mass is 10.2. The predicted octanol–water partition coefficient (Wildman–Crippen LogP) is 2.60. The van der Waals surface area contributed by atoms with E-state index in [4.69, 9.17) is 4.74 Å². The first-order valence-electron chi connectivity index (χ1n) is 3.33. The van der Waals surface area contributed by atoms with Crippen molar-refractivity contribution in [3.05, 3.63) is 36.4 Å². The number of hydrogen-bond acceptors (Lipinski definition) is 2. The lowest BCUT2D eigenvalue weighted by Gasteiger charge is -2.04. The molecule has 0 spiro atoms. The summed E-state index contributed by atoms with van der Waals surface area (Å²) in [6.45, 7) is 3.67. The van der Waals surface area contributed by atoms with Gasteiger partial charge in [-0.2, -0.15) is 0 Å². The van der Waals surface area contributed by atoms with E-state index in [-0.39, 0.29) is 0 Å². The molecule has 0 heterocycles. The second-order valence-electron chi connectivity index (χ2n) is 2.02. The molecule has 1 aromatic rings. The predicted molar refractivity (Wildman–Crippen MR) is 51.0 cm³/mol. The largest absolute Gasteiger partial charge is 0.483 e. The number of thiol groups is 1. The van der Waals surface area contributed by atoms with Gasteiger partial charge >= 0.3 is 0 Å². The Bertz CT molecular complexity index is 245. The molecule has 1 aromatic carbocycles. The summed E-state index contributed by atoms with van der Waals surface area (Å²) in [7, 11) is 0. The van der Waals surface area contributed by atoms with Crippen molar-refractivity contribution >= 4 is 18.7 Å². The summed E-state index contributed by atoms with van der Waals surface area (Å²) in [5.74, 6) is 1.22. The van der Waals surface area contributed by atoms with Crippen LogP contribution in [-0.4, -0.2) is 5.94 Å². The molecule has 0 saturated carbocycles. The van der Waals surface area contributed by atoms with Crippen LogP contribution in [0.4, 0.5) is 0 Å². The van der Waals surface area contributed by atoms with Crippen LogP contribution in [0.15, 0.2) is 30.8 Å². The molecular weight excluding hydrogens is 156 g/mol. The van der Waals surface area contributed by atoms with Crippen molar-refractivity contribution in [3.63, 3.8) is 0 Å². The van der Waals surface area contributed by atoms with E-state index in [9.17, 15) is 0 Å². The molecule has 0 bridgehead atoms. The van der Waals surface area contributed by atoms with Crippen LogP contribution in [0, 0.1) is 0 Å². The monoisotopic (exact) mass is 166 g/mol. The van der Waals surface area contributed by atoms with Crippen molar-refractivity contribution in [1.29, 1.82) is 0 Å². The van der Waals surface area contributed by atoms with Gasteiger partial charge in [0, 0.05) is 5.56 Å². The molecule has 11 heavy (non-hydrogen) atoms. The van der Waals surface area contributed by atoms with E-state index in [1.165, 1.54) is 0 Å². The molecule has 0 amide bonds. The maximum atomic E-state index is 5.22. The number of para-hydroxylation sites is 1. The van der Waals surface area contributed by atoms with Crippen LogP contribution in [0.5, 0.6) is 5.75 Å². The van der Waals surface area contributed by atoms with Crippen LogP contribution >= 0.6 is 12.6 Å².